The number of fused-ring (bicyclic) bond motifs is 2. The Bertz CT molecular complexity index is 1030. The molecule has 1 amide bonds. The number of rotatable bonds is 40. The van der Waals surface area contributed by atoms with Gasteiger partial charge >= 0.3 is 18.0 Å². The maximum Gasteiger partial charge on any atom is 0.410 e. The maximum absolute atomic E-state index is 13.6. The van der Waals surface area contributed by atoms with E-state index in [4.69, 9.17) is 14.2 Å². The van der Waals surface area contributed by atoms with E-state index >= 15 is 0 Å². The highest BCUT2D eigenvalue weighted by molar-refractivity contribution is 5.71. The second kappa shape index (κ2) is 33.7. The highest BCUT2D eigenvalue weighted by atomic mass is 16.6. The van der Waals surface area contributed by atoms with Crippen molar-refractivity contribution in [3.8, 4) is 0 Å². The Hall–Kier alpha value is -1.79. The number of hydrogen-bond donors (Lipinski definition) is 0. The molecule has 2 heterocycles. The van der Waals surface area contributed by atoms with Gasteiger partial charge < -0.3 is 19.1 Å². The second-order valence-corrected chi connectivity index (χ2v) is 21.8. The SMILES string of the molecule is CCCCCCCCCC(CCCCCCCCC)CC(=O)OCC12CN(C(=O)OC(C)(C)C)CC(COC(=O)CC(CCCCCCCCC)CCCCCCCCC)(C1)C2. The van der Waals surface area contributed by atoms with Gasteiger partial charge in [-0.1, -0.05) is 207 Å². The van der Waals surface area contributed by atoms with Crippen LogP contribution in [0.25, 0.3) is 0 Å². The Labute approximate surface area is 384 Å². The van der Waals surface area contributed by atoms with Gasteiger partial charge in [-0.15, -0.1) is 0 Å². The van der Waals surface area contributed by atoms with E-state index in [1.807, 2.05) is 20.8 Å². The Morgan fingerprint density at radius 1 is 0.452 bits per heavy atom. The minimum Gasteiger partial charge on any atom is -0.465 e. The summed E-state index contributed by atoms with van der Waals surface area (Å²) >= 11 is 0. The lowest BCUT2D eigenvalue weighted by Gasteiger charge is -2.62. The van der Waals surface area contributed by atoms with Crippen LogP contribution in [-0.4, -0.2) is 54.8 Å². The topological polar surface area (TPSA) is 82.1 Å². The van der Waals surface area contributed by atoms with Crippen molar-refractivity contribution < 1.29 is 28.6 Å². The smallest absolute Gasteiger partial charge is 0.410 e. The van der Waals surface area contributed by atoms with Crippen molar-refractivity contribution in [2.75, 3.05) is 26.3 Å². The molecule has 2 bridgehead atoms. The molecule has 7 heteroatoms. The van der Waals surface area contributed by atoms with Crippen molar-refractivity contribution in [1.82, 2.24) is 4.90 Å². The quantitative estimate of drug-likeness (QED) is 0.0346. The number of hydrogen-bond acceptors (Lipinski definition) is 6. The molecule has 0 radical (unpaired) electrons. The summed E-state index contributed by atoms with van der Waals surface area (Å²) in [5.41, 5.74) is -1.28. The number of carbonyl (C=O) groups excluding carboxylic acids is 3. The third-order valence-electron chi connectivity index (χ3n) is 14.1. The van der Waals surface area contributed by atoms with E-state index < -0.39 is 5.60 Å². The molecular formula is C55H103NO6. The van der Waals surface area contributed by atoms with Gasteiger partial charge in [-0.25, -0.2) is 4.79 Å². The van der Waals surface area contributed by atoms with Gasteiger partial charge in [0.1, 0.15) is 5.60 Å². The molecule has 0 unspecified atom stereocenters. The van der Waals surface area contributed by atoms with E-state index in [1.165, 1.54) is 180 Å². The van der Waals surface area contributed by atoms with Crippen LogP contribution in [0.5, 0.6) is 0 Å². The van der Waals surface area contributed by atoms with Gasteiger partial charge in [-0.2, -0.15) is 0 Å². The predicted molar refractivity (Wildman–Crippen MR) is 260 cm³/mol. The van der Waals surface area contributed by atoms with Crippen molar-refractivity contribution in [1.29, 1.82) is 0 Å². The summed E-state index contributed by atoms with van der Waals surface area (Å²) in [6.07, 6.45) is 42.6. The molecule has 0 aromatic carbocycles. The van der Waals surface area contributed by atoms with Gasteiger partial charge in [0.25, 0.3) is 0 Å². The minimum atomic E-state index is -0.613. The van der Waals surface area contributed by atoms with Crippen LogP contribution >= 0.6 is 0 Å². The number of ether oxygens (including phenoxy) is 3. The first kappa shape index (κ1) is 56.3. The summed E-state index contributed by atoms with van der Waals surface area (Å²) in [6.45, 7) is 16.4. The van der Waals surface area contributed by atoms with Crippen LogP contribution in [0.4, 0.5) is 4.79 Å². The van der Waals surface area contributed by atoms with E-state index in [9.17, 15) is 14.4 Å². The molecule has 0 N–H and O–H groups in total. The third-order valence-corrected chi connectivity index (χ3v) is 14.1. The molecule has 1 saturated carbocycles. The van der Waals surface area contributed by atoms with Crippen LogP contribution in [0, 0.1) is 22.7 Å². The molecule has 0 aromatic heterocycles. The fourth-order valence-corrected chi connectivity index (χ4v) is 10.7. The van der Waals surface area contributed by atoms with Gasteiger partial charge in [-0.3, -0.25) is 9.59 Å². The standard InChI is InChI=1S/C55H103NO6/c1-8-12-16-20-24-28-32-36-48(37-33-29-25-21-17-13-9-2)40-50(57)60-46-54-42-55(43-54,45-56(44-54)52(59)62-53(5,6)7)47-61-51(58)41-49(38-34-30-26-22-18-14-10-3)39-35-31-27-23-19-15-11-4/h48-49H,8-47H2,1-7H3. The van der Waals surface area contributed by atoms with Crippen LogP contribution in [-0.2, 0) is 23.8 Å². The molecule has 62 heavy (non-hydrogen) atoms. The molecule has 0 spiro atoms. The summed E-state index contributed by atoms with van der Waals surface area (Å²) in [5.74, 6) is 0.551. The van der Waals surface area contributed by atoms with Crippen molar-refractivity contribution in [3.63, 3.8) is 0 Å². The fourth-order valence-electron chi connectivity index (χ4n) is 10.7. The predicted octanol–water partition coefficient (Wildman–Crippen LogP) is 16.7. The Balaban J connectivity index is 2.01. The molecule has 3 rings (SSSR count). The molecular weight excluding hydrogens is 771 g/mol. The van der Waals surface area contributed by atoms with Crippen LogP contribution in [0.3, 0.4) is 0 Å². The number of carbonyl (C=O) groups is 3. The van der Waals surface area contributed by atoms with Crippen molar-refractivity contribution >= 4 is 18.0 Å². The van der Waals surface area contributed by atoms with Crippen molar-refractivity contribution in [2.45, 2.75) is 285 Å². The molecule has 364 valence electrons. The lowest BCUT2D eigenvalue weighted by atomic mass is 9.50. The largest absolute Gasteiger partial charge is 0.465 e. The van der Waals surface area contributed by atoms with E-state index in [-0.39, 0.29) is 28.9 Å². The van der Waals surface area contributed by atoms with Crippen LogP contribution in [0.2, 0.25) is 0 Å². The van der Waals surface area contributed by atoms with Crippen LogP contribution in [0.15, 0.2) is 0 Å². The third kappa shape index (κ3) is 26.2. The first-order chi connectivity index (χ1) is 29.9. The normalized spacial score (nSPS) is 18.6. The van der Waals surface area contributed by atoms with Crippen molar-refractivity contribution in [2.24, 2.45) is 22.7 Å². The lowest BCUT2D eigenvalue weighted by Crippen LogP contribution is -2.67. The summed E-state index contributed by atoms with van der Waals surface area (Å²) < 4.78 is 18.2. The Kier molecular flexibility index (Phi) is 30.6. The summed E-state index contributed by atoms with van der Waals surface area (Å²) in [5, 5.41) is 0. The summed E-state index contributed by atoms with van der Waals surface area (Å²) in [6, 6.07) is 0. The second-order valence-electron chi connectivity index (χ2n) is 21.8. The average Bonchev–Trinajstić information content (AvgIpc) is 3.22. The zero-order chi connectivity index (χ0) is 45.4. The molecule has 3 aliphatic rings. The van der Waals surface area contributed by atoms with E-state index in [1.54, 1.807) is 4.90 Å². The number of unbranched alkanes of at least 4 members (excludes halogenated alkanes) is 24. The zero-order valence-corrected chi connectivity index (χ0v) is 42.3. The molecule has 2 aliphatic heterocycles. The number of piperidine rings is 2. The van der Waals surface area contributed by atoms with Gasteiger partial charge in [0.15, 0.2) is 0 Å². The van der Waals surface area contributed by atoms with Gasteiger partial charge in [-0.05, 0) is 71.1 Å². The Morgan fingerprint density at radius 2 is 0.726 bits per heavy atom. The molecule has 3 fully saturated rings. The zero-order valence-electron chi connectivity index (χ0n) is 42.3. The van der Waals surface area contributed by atoms with Gasteiger partial charge in [0.05, 0.1) is 13.2 Å². The first-order valence-electron chi connectivity index (χ1n) is 27.2. The van der Waals surface area contributed by atoms with Crippen molar-refractivity contribution in [3.05, 3.63) is 0 Å². The van der Waals surface area contributed by atoms with Crippen LogP contribution < -0.4 is 0 Å². The molecule has 0 aromatic rings. The first-order valence-corrected chi connectivity index (χ1v) is 27.2. The molecule has 0 atom stereocenters. The number of nitrogens with zero attached hydrogens (tertiary/aromatic N) is 1. The monoisotopic (exact) mass is 874 g/mol. The highest BCUT2D eigenvalue weighted by Gasteiger charge is 2.62. The average molecular weight is 874 g/mol. The number of esters is 2. The minimum absolute atomic E-state index is 0.0958. The Morgan fingerprint density at radius 3 is 1.00 bits per heavy atom. The van der Waals surface area contributed by atoms with Gasteiger partial charge in [0, 0.05) is 36.8 Å². The molecule has 1 aliphatic carbocycles. The van der Waals surface area contributed by atoms with E-state index in [0.29, 0.717) is 51.0 Å². The summed E-state index contributed by atoms with van der Waals surface area (Å²) in [7, 11) is 0. The number of amides is 1. The van der Waals surface area contributed by atoms with E-state index in [2.05, 4.69) is 27.7 Å². The lowest BCUT2D eigenvalue weighted by molar-refractivity contribution is -0.193. The van der Waals surface area contributed by atoms with Gasteiger partial charge in [0.2, 0.25) is 0 Å². The highest BCUT2D eigenvalue weighted by Crippen LogP contribution is 2.59. The summed E-state index contributed by atoms with van der Waals surface area (Å²) in [4.78, 5) is 42.5. The molecule has 7 nitrogen and oxygen atoms in total. The fraction of sp³-hybridized carbons (Fsp3) is 0.945. The molecule has 2 saturated heterocycles. The maximum atomic E-state index is 13.6. The van der Waals surface area contributed by atoms with Crippen LogP contribution in [0.1, 0.15) is 280 Å². The van der Waals surface area contributed by atoms with E-state index in [0.717, 1.165) is 38.5 Å².